The Bertz CT molecular complexity index is 469. The largest absolute Gasteiger partial charge is 0.481 e. The first-order valence-electron chi connectivity index (χ1n) is 5.71. The molecule has 1 aromatic carbocycles. The van der Waals surface area contributed by atoms with Gasteiger partial charge in [-0.15, -0.1) is 0 Å². The molecule has 1 aromatic rings. The van der Waals surface area contributed by atoms with Crippen molar-refractivity contribution in [3.05, 3.63) is 28.8 Å². The van der Waals surface area contributed by atoms with Gasteiger partial charge in [0.1, 0.15) is 6.07 Å². The number of benzene rings is 1. The number of nitriles is 1. The number of carboxylic acid groups (broad SMARTS) is 1. The smallest absolute Gasteiger partial charge is 0.303 e. The number of nitrogens with one attached hydrogen (secondary N) is 1. The second-order valence-corrected chi connectivity index (χ2v) is 4.51. The molecule has 0 saturated carbocycles. The lowest BCUT2D eigenvalue weighted by molar-refractivity contribution is -0.137. The monoisotopic (exact) mass is 266 g/mol. The van der Waals surface area contributed by atoms with Gasteiger partial charge >= 0.3 is 5.97 Å². The summed E-state index contributed by atoms with van der Waals surface area (Å²) in [5, 5.41) is 21.2. The fraction of sp³-hybridized carbons (Fsp3) is 0.385. The molecular weight excluding hydrogens is 252 g/mol. The fourth-order valence-electron chi connectivity index (χ4n) is 1.66. The predicted octanol–water partition coefficient (Wildman–Crippen LogP) is 3.27. The third-order valence-corrected chi connectivity index (χ3v) is 2.87. The molecule has 0 fully saturated rings. The van der Waals surface area contributed by atoms with Gasteiger partial charge in [0.15, 0.2) is 0 Å². The van der Waals surface area contributed by atoms with Gasteiger partial charge in [-0.1, -0.05) is 17.7 Å². The molecule has 18 heavy (non-hydrogen) atoms. The summed E-state index contributed by atoms with van der Waals surface area (Å²) in [6, 6.07) is 7.38. The molecule has 1 atom stereocenters. The molecule has 0 aliphatic rings. The van der Waals surface area contributed by atoms with E-state index < -0.39 is 5.97 Å². The van der Waals surface area contributed by atoms with Crippen LogP contribution in [0.1, 0.15) is 31.7 Å². The Hall–Kier alpha value is -1.73. The van der Waals surface area contributed by atoms with E-state index in [1.54, 1.807) is 18.2 Å². The topological polar surface area (TPSA) is 73.1 Å². The Labute approximate surface area is 111 Å². The standard InChI is InChI=1S/C13H15ClN2O2/c1-9(4-2-7-13(17)18)16-12-6-3-5-11(14)10(12)8-15/h3,5-6,9,16H,2,4,7H2,1H3,(H,17,18). The molecule has 4 nitrogen and oxygen atoms in total. The lowest BCUT2D eigenvalue weighted by Gasteiger charge is -2.16. The third kappa shape index (κ3) is 4.27. The highest BCUT2D eigenvalue weighted by Gasteiger charge is 2.09. The average Bonchev–Trinajstić information content (AvgIpc) is 2.28. The number of rotatable bonds is 6. The number of hydrogen-bond donors (Lipinski definition) is 2. The fourth-order valence-corrected chi connectivity index (χ4v) is 1.87. The summed E-state index contributed by atoms with van der Waals surface area (Å²) < 4.78 is 0. The maximum absolute atomic E-state index is 10.4. The summed E-state index contributed by atoms with van der Waals surface area (Å²) in [4.78, 5) is 10.4. The van der Waals surface area contributed by atoms with E-state index in [1.807, 2.05) is 6.92 Å². The maximum atomic E-state index is 10.4. The molecule has 0 radical (unpaired) electrons. The van der Waals surface area contributed by atoms with Crippen LogP contribution in [0, 0.1) is 11.3 Å². The van der Waals surface area contributed by atoms with Gasteiger partial charge in [-0.25, -0.2) is 0 Å². The summed E-state index contributed by atoms with van der Waals surface area (Å²) in [6.45, 7) is 1.95. The molecule has 0 aromatic heterocycles. The predicted molar refractivity (Wildman–Crippen MR) is 70.7 cm³/mol. The van der Waals surface area contributed by atoms with Crippen molar-refractivity contribution in [1.29, 1.82) is 5.26 Å². The molecule has 1 unspecified atom stereocenters. The van der Waals surface area contributed by atoms with E-state index in [0.29, 0.717) is 22.7 Å². The molecule has 96 valence electrons. The molecule has 1 rings (SSSR count). The van der Waals surface area contributed by atoms with E-state index in [2.05, 4.69) is 11.4 Å². The van der Waals surface area contributed by atoms with E-state index in [-0.39, 0.29) is 12.5 Å². The maximum Gasteiger partial charge on any atom is 0.303 e. The van der Waals surface area contributed by atoms with Crippen LogP contribution in [0.3, 0.4) is 0 Å². The highest BCUT2D eigenvalue weighted by atomic mass is 35.5. The van der Waals surface area contributed by atoms with Gasteiger partial charge in [-0.2, -0.15) is 5.26 Å². The summed E-state index contributed by atoms with van der Waals surface area (Å²) in [5.41, 5.74) is 1.11. The third-order valence-electron chi connectivity index (χ3n) is 2.56. The van der Waals surface area contributed by atoms with Crippen LogP contribution >= 0.6 is 11.6 Å². The van der Waals surface area contributed by atoms with Crippen molar-refractivity contribution in [3.63, 3.8) is 0 Å². The van der Waals surface area contributed by atoms with E-state index in [0.717, 1.165) is 6.42 Å². The van der Waals surface area contributed by atoms with E-state index in [1.165, 1.54) is 0 Å². The molecule has 0 bridgehead atoms. The summed E-state index contributed by atoms with van der Waals surface area (Å²) in [7, 11) is 0. The average molecular weight is 267 g/mol. The van der Waals surface area contributed by atoms with Crippen molar-refractivity contribution in [3.8, 4) is 6.07 Å². The first-order chi connectivity index (χ1) is 8.54. The van der Waals surface area contributed by atoms with Crippen molar-refractivity contribution in [2.24, 2.45) is 0 Å². The lowest BCUT2D eigenvalue weighted by Crippen LogP contribution is -2.16. The van der Waals surface area contributed by atoms with Crippen molar-refractivity contribution in [2.75, 3.05) is 5.32 Å². The molecule has 0 aliphatic heterocycles. The summed E-state index contributed by atoms with van der Waals surface area (Å²) >= 11 is 5.92. The Morgan fingerprint density at radius 1 is 1.61 bits per heavy atom. The van der Waals surface area contributed by atoms with Crippen molar-refractivity contribution in [1.82, 2.24) is 0 Å². The number of hydrogen-bond acceptors (Lipinski definition) is 3. The Kier molecular flexibility index (Phi) is 5.47. The zero-order valence-electron chi connectivity index (χ0n) is 10.1. The second-order valence-electron chi connectivity index (χ2n) is 4.11. The van der Waals surface area contributed by atoms with Crippen molar-refractivity contribution < 1.29 is 9.90 Å². The normalized spacial score (nSPS) is 11.6. The Balaban J connectivity index is 2.59. The highest BCUT2D eigenvalue weighted by molar-refractivity contribution is 6.32. The number of halogens is 1. The summed E-state index contributed by atoms with van der Waals surface area (Å²) in [6.07, 6.45) is 1.49. The van der Waals surface area contributed by atoms with Crippen LogP contribution in [0.5, 0.6) is 0 Å². The van der Waals surface area contributed by atoms with Crippen molar-refractivity contribution >= 4 is 23.3 Å². The Morgan fingerprint density at radius 3 is 2.94 bits per heavy atom. The van der Waals surface area contributed by atoms with Crippen LogP contribution in [0.2, 0.25) is 5.02 Å². The molecule has 5 heteroatoms. The quantitative estimate of drug-likeness (QED) is 0.829. The number of aliphatic carboxylic acids is 1. The summed E-state index contributed by atoms with van der Waals surface area (Å²) in [5.74, 6) is -0.789. The van der Waals surface area contributed by atoms with Crippen LogP contribution < -0.4 is 5.32 Å². The first kappa shape index (κ1) is 14.3. The van der Waals surface area contributed by atoms with Gasteiger partial charge in [-0.3, -0.25) is 4.79 Å². The molecule has 2 N–H and O–H groups in total. The molecule has 0 saturated heterocycles. The minimum absolute atomic E-state index is 0.0925. The second kappa shape index (κ2) is 6.87. The van der Waals surface area contributed by atoms with Gasteiger partial charge in [-0.05, 0) is 31.9 Å². The van der Waals surface area contributed by atoms with E-state index in [9.17, 15) is 4.79 Å². The zero-order valence-corrected chi connectivity index (χ0v) is 10.9. The zero-order chi connectivity index (χ0) is 13.5. The van der Waals surface area contributed by atoms with Gasteiger partial charge in [0.2, 0.25) is 0 Å². The molecule has 0 amide bonds. The van der Waals surface area contributed by atoms with Crippen LogP contribution in [0.25, 0.3) is 0 Å². The SMILES string of the molecule is CC(CCCC(=O)O)Nc1cccc(Cl)c1C#N. The number of nitrogens with zero attached hydrogens (tertiary/aromatic N) is 1. The van der Waals surface area contributed by atoms with Crippen LogP contribution in [-0.4, -0.2) is 17.1 Å². The van der Waals surface area contributed by atoms with Gasteiger partial charge in [0, 0.05) is 12.5 Å². The number of carbonyl (C=O) groups is 1. The highest BCUT2D eigenvalue weighted by Crippen LogP contribution is 2.24. The van der Waals surface area contributed by atoms with E-state index >= 15 is 0 Å². The minimum Gasteiger partial charge on any atom is -0.481 e. The van der Waals surface area contributed by atoms with Crippen LogP contribution in [-0.2, 0) is 4.79 Å². The molecule has 0 spiro atoms. The van der Waals surface area contributed by atoms with Crippen LogP contribution in [0.4, 0.5) is 5.69 Å². The van der Waals surface area contributed by atoms with Crippen LogP contribution in [0.15, 0.2) is 18.2 Å². The van der Waals surface area contributed by atoms with Gasteiger partial charge in [0.05, 0.1) is 16.3 Å². The number of anilines is 1. The number of carboxylic acids is 1. The van der Waals surface area contributed by atoms with Crippen molar-refractivity contribution in [2.45, 2.75) is 32.2 Å². The Morgan fingerprint density at radius 2 is 2.33 bits per heavy atom. The lowest BCUT2D eigenvalue weighted by atomic mass is 10.1. The molecule has 0 aliphatic carbocycles. The molecular formula is C13H15ClN2O2. The van der Waals surface area contributed by atoms with E-state index in [4.69, 9.17) is 22.0 Å². The van der Waals surface area contributed by atoms with Gasteiger partial charge in [0.25, 0.3) is 0 Å². The first-order valence-corrected chi connectivity index (χ1v) is 6.09. The minimum atomic E-state index is -0.789. The molecule has 0 heterocycles. The van der Waals surface area contributed by atoms with Gasteiger partial charge < -0.3 is 10.4 Å².